The molecule has 0 aliphatic rings. The van der Waals surface area contributed by atoms with Crippen LogP contribution >= 0.6 is 22.9 Å². The van der Waals surface area contributed by atoms with Crippen molar-refractivity contribution in [2.45, 2.75) is 27.7 Å². The Bertz CT molecular complexity index is 546. The average molecular weight is 253 g/mol. The molecule has 0 aromatic carbocycles. The molecular formula is C12H13ClN2S. The third-order valence-corrected chi connectivity index (χ3v) is 4.24. The quantitative estimate of drug-likeness (QED) is 0.764. The van der Waals surface area contributed by atoms with E-state index in [0.29, 0.717) is 0 Å². The fourth-order valence-corrected chi connectivity index (χ4v) is 2.95. The van der Waals surface area contributed by atoms with Gasteiger partial charge in [-0.2, -0.15) is 5.10 Å². The first kappa shape index (κ1) is 11.6. The second-order valence-corrected chi connectivity index (χ2v) is 5.63. The molecule has 0 aliphatic heterocycles. The van der Waals surface area contributed by atoms with Crippen molar-refractivity contribution < 1.29 is 0 Å². The lowest BCUT2D eigenvalue weighted by molar-refractivity contribution is 0.953. The van der Waals surface area contributed by atoms with E-state index in [1.807, 2.05) is 19.9 Å². The molecule has 0 atom stereocenters. The molecular weight excluding hydrogens is 240 g/mol. The number of thiophene rings is 1. The van der Waals surface area contributed by atoms with Crippen molar-refractivity contribution >= 4 is 22.9 Å². The van der Waals surface area contributed by atoms with Crippen molar-refractivity contribution in [1.82, 2.24) is 10.2 Å². The minimum absolute atomic E-state index is 0.798. The molecule has 0 saturated carbocycles. The average Bonchev–Trinajstić information content (AvgIpc) is 2.55. The van der Waals surface area contributed by atoms with Gasteiger partial charge in [-0.1, -0.05) is 11.6 Å². The third kappa shape index (κ3) is 1.85. The van der Waals surface area contributed by atoms with Crippen molar-refractivity contribution in [1.29, 1.82) is 0 Å². The first-order valence-corrected chi connectivity index (χ1v) is 6.27. The molecule has 0 radical (unpaired) electrons. The molecule has 0 fully saturated rings. The van der Waals surface area contributed by atoms with Gasteiger partial charge in [-0.05, 0) is 50.5 Å². The Morgan fingerprint density at radius 3 is 2.31 bits per heavy atom. The van der Waals surface area contributed by atoms with Crippen molar-refractivity contribution in [2.24, 2.45) is 0 Å². The maximum absolute atomic E-state index is 6.01. The van der Waals surface area contributed by atoms with Gasteiger partial charge in [0.05, 0.1) is 14.9 Å². The van der Waals surface area contributed by atoms with Crippen LogP contribution in [-0.4, -0.2) is 10.2 Å². The summed E-state index contributed by atoms with van der Waals surface area (Å²) in [7, 11) is 0. The second-order valence-electron chi connectivity index (χ2n) is 3.95. The summed E-state index contributed by atoms with van der Waals surface area (Å²) >= 11 is 7.57. The van der Waals surface area contributed by atoms with Crippen LogP contribution in [0.5, 0.6) is 0 Å². The predicted octanol–water partition coefficient (Wildman–Crippen LogP) is 4.09. The van der Waals surface area contributed by atoms with E-state index in [1.165, 1.54) is 11.1 Å². The van der Waals surface area contributed by atoms with Crippen molar-refractivity contribution in [3.05, 3.63) is 32.8 Å². The Hall–Kier alpha value is -0.930. The lowest BCUT2D eigenvalue weighted by Crippen LogP contribution is -1.98. The minimum Gasteiger partial charge on any atom is -0.155 e. The minimum atomic E-state index is 0.798. The number of rotatable bonds is 1. The highest BCUT2D eigenvalue weighted by Crippen LogP contribution is 2.35. The molecule has 16 heavy (non-hydrogen) atoms. The van der Waals surface area contributed by atoms with Gasteiger partial charge in [0.2, 0.25) is 0 Å². The van der Waals surface area contributed by atoms with Gasteiger partial charge in [0.1, 0.15) is 5.69 Å². The molecule has 2 rings (SSSR count). The summed E-state index contributed by atoms with van der Waals surface area (Å²) in [5.41, 5.74) is 5.50. The highest BCUT2D eigenvalue weighted by Gasteiger charge is 2.13. The zero-order chi connectivity index (χ0) is 11.9. The topological polar surface area (TPSA) is 25.8 Å². The second kappa shape index (κ2) is 4.15. The number of halogens is 1. The van der Waals surface area contributed by atoms with E-state index in [0.717, 1.165) is 26.2 Å². The molecule has 0 spiro atoms. The van der Waals surface area contributed by atoms with Crippen LogP contribution in [0.2, 0.25) is 4.34 Å². The summed E-state index contributed by atoms with van der Waals surface area (Å²) in [6.45, 7) is 8.19. The summed E-state index contributed by atoms with van der Waals surface area (Å²) in [5.74, 6) is 0. The van der Waals surface area contributed by atoms with Crippen LogP contribution in [0, 0.1) is 27.7 Å². The monoisotopic (exact) mass is 252 g/mol. The van der Waals surface area contributed by atoms with Gasteiger partial charge in [0.15, 0.2) is 0 Å². The van der Waals surface area contributed by atoms with E-state index < -0.39 is 0 Å². The Kier molecular flexibility index (Phi) is 3.00. The van der Waals surface area contributed by atoms with E-state index in [2.05, 4.69) is 24.0 Å². The summed E-state index contributed by atoms with van der Waals surface area (Å²) < 4.78 is 0.798. The Balaban J connectivity index is 2.65. The zero-order valence-electron chi connectivity index (χ0n) is 9.76. The molecule has 2 nitrogen and oxygen atoms in total. The van der Waals surface area contributed by atoms with E-state index in [4.69, 9.17) is 11.6 Å². The molecule has 0 saturated heterocycles. The Morgan fingerprint density at radius 1 is 1.06 bits per heavy atom. The fraction of sp³-hybridized carbons (Fsp3) is 0.333. The summed E-state index contributed by atoms with van der Waals surface area (Å²) in [4.78, 5) is 1.12. The smallest absolute Gasteiger partial charge is 0.106 e. The van der Waals surface area contributed by atoms with E-state index in [-0.39, 0.29) is 0 Å². The van der Waals surface area contributed by atoms with Gasteiger partial charge in [0, 0.05) is 0 Å². The van der Waals surface area contributed by atoms with Crippen LogP contribution in [0.25, 0.3) is 10.6 Å². The fourth-order valence-electron chi connectivity index (χ4n) is 1.62. The maximum atomic E-state index is 6.01. The lowest BCUT2D eigenvalue weighted by Gasteiger charge is -2.07. The third-order valence-electron chi connectivity index (χ3n) is 2.86. The standard InChI is InChI=1S/C12H13ClN2S/c1-6-5-10(13)16-12(6)11-8(3)7(2)9(4)14-15-11/h5H,1-4H3. The normalized spacial score (nSPS) is 10.8. The number of nitrogens with zero attached hydrogens (tertiary/aromatic N) is 2. The molecule has 0 N–H and O–H groups in total. The van der Waals surface area contributed by atoms with Crippen LogP contribution in [0.3, 0.4) is 0 Å². The highest BCUT2D eigenvalue weighted by molar-refractivity contribution is 7.19. The van der Waals surface area contributed by atoms with Gasteiger partial charge < -0.3 is 0 Å². The first-order chi connectivity index (χ1) is 7.50. The molecule has 84 valence electrons. The van der Waals surface area contributed by atoms with Gasteiger partial charge in [-0.15, -0.1) is 16.4 Å². The summed E-state index contributed by atoms with van der Waals surface area (Å²) in [5, 5.41) is 8.46. The first-order valence-electron chi connectivity index (χ1n) is 5.07. The highest BCUT2D eigenvalue weighted by atomic mass is 35.5. The zero-order valence-corrected chi connectivity index (χ0v) is 11.3. The molecule has 2 heterocycles. The number of hydrogen-bond acceptors (Lipinski definition) is 3. The van der Waals surface area contributed by atoms with Crippen LogP contribution in [-0.2, 0) is 0 Å². The van der Waals surface area contributed by atoms with Gasteiger partial charge in [-0.3, -0.25) is 0 Å². The van der Waals surface area contributed by atoms with Crippen molar-refractivity contribution in [2.75, 3.05) is 0 Å². The van der Waals surface area contributed by atoms with Crippen LogP contribution in [0.1, 0.15) is 22.4 Å². The molecule has 0 amide bonds. The lowest BCUT2D eigenvalue weighted by atomic mass is 10.1. The van der Waals surface area contributed by atoms with Crippen molar-refractivity contribution in [3.63, 3.8) is 0 Å². The maximum Gasteiger partial charge on any atom is 0.106 e. The Labute approximate surface area is 104 Å². The van der Waals surface area contributed by atoms with Crippen LogP contribution in [0.15, 0.2) is 6.07 Å². The molecule has 4 heteroatoms. The van der Waals surface area contributed by atoms with Gasteiger partial charge >= 0.3 is 0 Å². The van der Waals surface area contributed by atoms with Crippen molar-refractivity contribution in [3.8, 4) is 10.6 Å². The van der Waals surface area contributed by atoms with E-state index >= 15 is 0 Å². The SMILES string of the molecule is Cc1cc(Cl)sc1-c1nnc(C)c(C)c1C. The van der Waals surface area contributed by atoms with Crippen LogP contribution in [0.4, 0.5) is 0 Å². The molecule has 0 bridgehead atoms. The van der Waals surface area contributed by atoms with Gasteiger partial charge in [-0.25, -0.2) is 0 Å². The summed E-state index contributed by atoms with van der Waals surface area (Å²) in [6.07, 6.45) is 0. The Morgan fingerprint density at radius 2 is 1.75 bits per heavy atom. The molecule has 2 aromatic heterocycles. The van der Waals surface area contributed by atoms with E-state index in [1.54, 1.807) is 11.3 Å². The molecule has 0 aliphatic carbocycles. The summed E-state index contributed by atoms with van der Waals surface area (Å²) in [6, 6.07) is 1.97. The number of aromatic nitrogens is 2. The predicted molar refractivity (Wildman–Crippen MR) is 69.3 cm³/mol. The molecule has 2 aromatic rings. The number of hydrogen-bond donors (Lipinski definition) is 0. The van der Waals surface area contributed by atoms with Crippen LogP contribution < -0.4 is 0 Å². The largest absolute Gasteiger partial charge is 0.155 e. The van der Waals surface area contributed by atoms with Gasteiger partial charge in [0.25, 0.3) is 0 Å². The number of aryl methyl sites for hydroxylation is 2. The van der Waals surface area contributed by atoms with E-state index in [9.17, 15) is 0 Å². The molecule has 0 unspecified atom stereocenters.